The molecule has 1 aromatic rings. The molecule has 2 N–H and O–H groups in total. The van der Waals surface area contributed by atoms with Crippen LogP contribution in [0.4, 0.5) is 0 Å². The van der Waals surface area contributed by atoms with Crippen molar-refractivity contribution in [2.75, 3.05) is 14.2 Å². The molecule has 3 nitrogen and oxygen atoms in total. The minimum Gasteiger partial charge on any atom is -0.493 e. The Bertz CT molecular complexity index is 406. The molecule has 0 saturated carbocycles. The molecule has 0 bridgehead atoms. The summed E-state index contributed by atoms with van der Waals surface area (Å²) in [5.74, 6) is 1.39. The topological polar surface area (TPSA) is 44.5 Å². The Balaban J connectivity index is 2.65. The van der Waals surface area contributed by atoms with Crippen LogP contribution in [0.5, 0.6) is 11.5 Å². The molecule has 0 fully saturated rings. The van der Waals surface area contributed by atoms with E-state index in [2.05, 4.69) is 0 Å². The second-order valence-corrected chi connectivity index (χ2v) is 4.39. The Hall–Kier alpha value is -0.930. The van der Waals surface area contributed by atoms with Crippen LogP contribution in [-0.4, -0.2) is 14.2 Å². The fraction of sp³-hybridized carbons (Fsp3) is 0.500. The van der Waals surface area contributed by atoms with E-state index in [4.69, 9.17) is 26.8 Å². The average molecular weight is 242 g/mol. The number of hydrogen-bond donors (Lipinski definition) is 1. The van der Waals surface area contributed by atoms with E-state index in [1.54, 1.807) is 20.3 Å². The number of benzene rings is 1. The van der Waals surface area contributed by atoms with Crippen molar-refractivity contribution >= 4 is 11.6 Å². The van der Waals surface area contributed by atoms with Crippen molar-refractivity contribution in [2.24, 2.45) is 5.73 Å². The van der Waals surface area contributed by atoms with Crippen LogP contribution in [0.15, 0.2) is 6.07 Å². The molecule has 0 saturated heterocycles. The van der Waals surface area contributed by atoms with E-state index in [1.165, 1.54) is 0 Å². The zero-order valence-corrected chi connectivity index (χ0v) is 10.3. The van der Waals surface area contributed by atoms with Gasteiger partial charge in [-0.25, -0.2) is 0 Å². The minimum absolute atomic E-state index is 0.00806. The lowest BCUT2D eigenvalue weighted by atomic mass is 9.87. The highest BCUT2D eigenvalue weighted by molar-refractivity contribution is 6.31. The first-order chi connectivity index (χ1) is 7.69. The van der Waals surface area contributed by atoms with E-state index in [1.807, 2.05) is 0 Å². The Labute approximate surface area is 100 Å². The van der Waals surface area contributed by atoms with Crippen LogP contribution in [0.1, 0.15) is 30.0 Å². The number of methoxy groups -OCH3 is 2. The first-order valence-corrected chi connectivity index (χ1v) is 5.75. The molecular weight excluding hydrogens is 226 g/mol. The van der Waals surface area contributed by atoms with Gasteiger partial charge in [0.2, 0.25) is 0 Å². The monoisotopic (exact) mass is 241 g/mol. The molecule has 0 aliphatic heterocycles. The maximum absolute atomic E-state index is 6.23. The molecule has 2 rings (SSSR count). The first-order valence-electron chi connectivity index (χ1n) is 5.37. The van der Waals surface area contributed by atoms with Crippen molar-refractivity contribution < 1.29 is 9.47 Å². The van der Waals surface area contributed by atoms with Crippen LogP contribution in [0.2, 0.25) is 5.02 Å². The van der Waals surface area contributed by atoms with Gasteiger partial charge in [0.1, 0.15) is 0 Å². The number of hydrogen-bond acceptors (Lipinski definition) is 3. The second-order valence-electron chi connectivity index (χ2n) is 3.98. The van der Waals surface area contributed by atoms with Gasteiger partial charge in [0.05, 0.1) is 14.2 Å². The van der Waals surface area contributed by atoms with Crippen LogP contribution >= 0.6 is 11.6 Å². The lowest BCUT2D eigenvalue weighted by Crippen LogP contribution is -2.19. The zero-order chi connectivity index (χ0) is 11.7. The maximum Gasteiger partial charge on any atom is 0.165 e. The van der Waals surface area contributed by atoms with E-state index in [-0.39, 0.29) is 6.04 Å². The van der Waals surface area contributed by atoms with Crippen molar-refractivity contribution in [1.29, 1.82) is 0 Å². The third kappa shape index (κ3) is 1.74. The fourth-order valence-electron chi connectivity index (χ4n) is 2.32. The van der Waals surface area contributed by atoms with Gasteiger partial charge in [0.15, 0.2) is 11.5 Å². The van der Waals surface area contributed by atoms with Gasteiger partial charge in [-0.05, 0) is 24.8 Å². The molecule has 16 heavy (non-hydrogen) atoms. The van der Waals surface area contributed by atoms with Crippen LogP contribution < -0.4 is 15.2 Å². The molecular formula is C12H16ClNO2. The van der Waals surface area contributed by atoms with Crippen LogP contribution in [0, 0.1) is 0 Å². The second kappa shape index (κ2) is 4.52. The van der Waals surface area contributed by atoms with Gasteiger partial charge < -0.3 is 15.2 Å². The third-order valence-electron chi connectivity index (χ3n) is 3.08. The summed E-state index contributed by atoms with van der Waals surface area (Å²) < 4.78 is 10.7. The van der Waals surface area contributed by atoms with Crippen LogP contribution in [0.3, 0.4) is 0 Å². The van der Waals surface area contributed by atoms with Crippen molar-refractivity contribution in [3.8, 4) is 11.5 Å². The SMILES string of the molecule is COc1cc(Cl)c2c(c1OC)[C@@H](N)CCC2. The fourth-order valence-corrected chi connectivity index (χ4v) is 2.61. The highest BCUT2D eigenvalue weighted by Crippen LogP contribution is 2.44. The Morgan fingerprint density at radius 3 is 2.75 bits per heavy atom. The third-order valence-corrected chi connectivity index (χ3v) is 3.41. The molecule has 1 aliphatic rings. The molecule has 1 aliphatic carbocycles. The van der Waals surface area contributed by atoms with E-state index in [0.29, 0.717) is 5.75 Å². The molecule has 0 unspecified atom stereocenters. The quantitative estimate of drug-likeness (QED) is 0.866. The van der Waals surface area contributed by atoms with Crippen LogP contribution in [0.25, 0.3) is 0 Å². The molecule has 4 heteroatoms. The lowest BCUT2D eigenvalue weighted by molar-refractivity contribution is 0.346. The molecule has 0 radical (unpaired) electrons. The number of nitrogens with two attached hydrogens (primary N) is 1. The number of ether oxygens (including phenoxy) is 2. The van der Waals surface area contributed by atoms with Gasteiger partial charge in [-0.3, -0.25) is 0 Å². The Morgan fingerprint density at radius 2 is 2.12 bits per heavy atom. The summed E-state index contributed by atoms with van der Waals surface area (Å²) >= 11 is 6.23. The summed E-state index contributed by atoms with van der Waals surface area (Å²) in [6, 6.07) is 1.79. The van der Waals surface area contributed by atoms with Gasteiger partial charge in [0.25, 0.3) is 0 Å². The minimum atomic E-state index is -0.00806. The molecule has 1 atom stereocenters. The van der Waals surface area contributed by atoms with Gasteiger partial charge in [-0.1, -0.05) is 11.6 Å². The van der Waals surface area contributed by atoms with Crippen molar-refractivity contribution in [1.82, 2.24) is 0 Å². The summed E-state index contributed by atoms with van der Waals surface area (Å²) in [6.07, 6.45) is 3.00. The van der Waals surface area contributed by atoms with Gasteiger partial charge >= 0.3 is 0 Å². The molecule has 0 aromatic heterocycles. The summed E-state index contributed by atoms with van der Waals surface area (Å²) in [5, 5.41) is 0.725. The maximum atomic E-state index is 6.23. The molecule has 0 spiro atoms. The summed E-state index contributed by atoms with van der Waals surface area (Å²) in [7, 11) is 3.24. The van der Waals surface area contributed by atoms with Gasteiger partial charge in [-0.15, -0.1) is 0 Å². The summed E-state index contributed by atoms with van der Waals surface area (Å²) in [5.41, 5.74) is 8.24. The van der Waals surface area contributed by atoms with E-state index in [0.717, 1.165) is 41.2 Å². The van der Waals surface area contributed by atoms with Gasteiger partial charge in [-0.2, -0.15) is 0 Å². The zero-order valence-electron chi connectivity index (χ0n) is 9.55. The van der Waals surface area contributed by atoms with Crippen molar-refractivity contribution in [3.63, 3.8) is 0 Å². The molecule has 1 aromatic carbocycles. The predicted molar refractivity (Wildman–Crippen MR) is 64.4 cm³/mol. The average Bonchev–Trinajstić information content (AvgIpc) is 2.29. The van der Waals surface area contributed by atoms with Gasteiger partial charge in [0, 0.05) is 22.7 Å². The highest BCUT2D eigenvalue weighted by Gasteiger charge is 2.26. The smallest absolute Gasteiger partial charge is 0.165 e. The summed E-state index contributed by atoms with van der Waals surface area (Å²) in [4.78, 5) is 0. The Kier molecular flexibility index (Phi) is 3.26. The van der Waals surface area contributed by atoms with Crippen molar-refractivity contribution in [2.45, 2.75) is 25.3 Å². The molecule has 0 amide bonds. The first kappa shape index (κ1) is 11.6. The number of halogens is 1. The standard InChI is InChI=1S/C12H16ClNO2/c1-15-10-6-8(13)7-4-3-5-9(14)11(7)12(10)16-2/h6,9H,3-5,14H2,1-2H3/t9-/m0/s1. The predicted octanol–water partition coefficient (Wildman–Crippen LogP) is 2.69. The lowest BCUT2D eigenvalue weighted by Gasteiger charge is -2.26. The molecule has 0 heterocycles. The Morgan fingerprint density at radius 1 is 1.38 bits per heavy atom. The van der Waals surface area contributed by atoms with E-state index in [9.17, 15) is 0 Å². The van der Waals surface area contributed by atoms with Crippen LogP contribution in [-0.2, 0) is 6.42 Å². The summed E-state index contributed by atoms with van der Waals surface area (Å²) in [6.45, 7) is 0. The normalized spacial score (nSPS) is 19.1. The number of rotatable bonds is 2. The van der Waals surface area contributed by atoms with E-state index >= 15 is 0 Å². The molecule has 88 valence electrons. The highest BCUT2D eigenvalue weighted by atomic mass is 35.5. The van der Waals surface area contributed by atoms with E-state index < -0.39 is 0 Å². The largest absolute Gasteiger partial charge is 0.493 e. The van der Waals surface area contributed by atoms with Crippen molar-refractivity contribution in [3.05, 3.63) is 22.2 Å². The number of fused-ring (bicyclic) bond motifs is 1.